The van der Waals surface area contributed by atoms with Crippen LogP contribution in [-0.4, -0.2) is 44.4 Å². The Morgan fingerprint density at radius 3 is 2.33 bits per heavy atom. The molecule has 8 heteroatoms. The number of carbonyl (C=O) groups is 1. The number of halogens is 1. The Labute approximate surface area is 158 Å². The molecule has 0 aliphatic carbocycles. The van der Waals surface area contributed by atoms with E-state index in [1.54, 1.807) is 13.0 Å². The highest BCUT2D eigenvalue weighted by molar-refractivity contribution is 7.89. The minimum atomic E-state index is -3.69. The van der Waals surface area contributed by atoms with Gasteiger partial charge in [-0.25, -0.2) is 17.1 Å². The van der Waals surface area contributed by atoms with E-state index < -0.39 is 27.3 Å². The molecule has 0 radical (unpaired) electrons. The van der Waals surface area contributed by atoms with Gasteiger partial charge in [-0.3, -0.25) is 4.79 Å². The monoisotopic (exact) mass is 394 g/mol. The van der Waals surface area contributed by atoms with Crippen LogP contribution in [0.25, 0.3) is 0 Å². The van der Waals surface area contributed by atoms with Gasteiger partial charge < -0.3 is 10.4 Å². The van der Waals surface area contributed by atoms with Crippen LogP contribution in [0.2, 0.25) is 0 Å². The Balaban J connectivity index is 2.20. The van der Waals surface area contributed by atoms with Crippen LogP contribution in [0, 0.1) is 12.7 Å². The van der Waals surface area contributed by atoms with Crippen molar-refractivity contribution in [3.05, 3.63) is 65.0 Å². The van der Waals surface area contributed by atoms with Crippen molar-refractivity contribution in [1.29, 1.82) is 0 Å². The second kappa shape index (κ2) is 7.75. The van der Waals surface area contributed by atoms with Gasteiger partial charge >= 0.3 is 0 Å². The number of nitrogens with zero attached hydrogens (tertiary/aromatic N) is 1. The first-order chi connectivity index (χ1) is 12.4. The molecule has 0 aliphatic heterocycles. The first kappa shape index (κ1) is 21.0. The first-order valence-electron chi connectivity index (χ1n) is 8.25. The van der Waals surface area contributed by atoms with Crippen molar-refractivity contribution >= 4 is 15.9 Å². The van der Waals surface area contributed by atoms with Crippen molar-refractivity contribution in [3.8, 4) is 0 Å². The number of aliphatic hydroxyl groups is 1. The number of benzene rings is 2. The maximum Gasteiger partial charge on any atom is 0.251 e. The Morgan fingerprint density at radius 2 is 1.78 bits per heavy atom. The zero-order valence-electron chi connectivity index (χ0n) is 15.7. The van der Waals surface area contributed by atoms with Gasteiger partial charge in [-0.2, -0.15) is 0 Å². The van der Waals surface area contributed by atoms with Crippen LogP contribution in [-0.2, 0) is 15.6 Å². The summed E-state index contributed by atoms with van der Waals surface area (Å²) in [6, 6.07) is 9.72. The maximum atomic E-state index is 13.0. The highest BCUT2D eigenvalue weighted by atomic mass is 32.2. The van der Waals surface area contributed by atoms with E-state index in [-0.39, 0.29) is 17.0 Å². The first-order valence-corrected chi connectivity index (χ1v) is 9.69. The summed E-state index contributed by atoms with van der Waals surface area (Å²) in [5.74, 6) is -0.944. The van der Waals surface area contributed by atoms with E-state index in [0.29, 0.717) is 11.1 Å². The number of nitrogens with one attached hydrogen (secondary N) is 1. The minimum Gasteiger partial charge on any atom is -0.384 e. The highest BCUT2D eigenvalue weighted by Crippen LogP contribution is 2.22. The molecular formula is C19H23FN2O4S. The van der Waals surface area contributed by atoms with E-state index in [0.717, 1.165) is 4.31 Å². The molecule has 0 heterocycles. The molecule has 2 aromatic rings. The lowest BCUT2D eigenvalue weighted by Gasteiger charge is -2.24. The van der Waals surface area contributed by atoms with Crippen molar-refractivity contribution in [2.75, 3.05) is 20.6 Å². The van der Waals surface area contributed by atoms with E-state index in [1.807, 2.05) is 0 Å². The quantitative estimate of drug-likeness (QED) is 0.785. The van der Waals surface area contributed by atoms with Gasteiger partial charge in [0, 0.05) is 19.7 Å². The summed E-state index contributed by atoms with van der Waals surface area (Å²) in [5.41, 5.74) is -0.273. The van der Waals surface area contributed by atoms with Crippen molar-refractivity contribution < 1.29 is 22.7 Å². The van der Waals surface area contributed by atoms with Gasteiger partial charge in [0.15, 0.2) is 0 Å². The third-order valence-electron chi connectivity index (χ3n) is 4.27. The summed E-state index contributed by atoms with van der Waals surface area (Å²) in [7, 11) is -0.849. The molecule has 27 heavy (non-hydrogen) atoms. The lowest BCUT2D eigenvalue weighted by atomic mass is 9.96. The minimum absolute atomic E-state index is 0.0467. The largest absolute Gasteiger partial charge is 0.384 e. The predicted octanol–water partition coefficient (Wildman–Crippen LogP) is 2.02. The lowest BCUT2D eigenvalue weighted by molar-refractivity contribution is 0.0526. The molecule has 0 saturated carbocycles. The molecule has 0 saturated heterocycles. The van der Waals surface area contributed by atoms with E-state index >= 15 is 0 Å². The van der Waals surface area contributed by atoms with Crippen molar-refractivity contribution in [1.82, 2.24) is 9.62 Å². The second-order valence-corrected chi connectivity index (χ2v) is 8.85. The van der Waals surface area contributed by atoms with Crippen LogP contribution < -0.4 is 5.32 Å². The van der Waals surface area contributed by atoms with Gasteiger partial charge in [-0.15, -0.1) is 0 Å². The number of carbonyl (C=O) groups excluding carboxylic acids is 1. The van der Waals surface area contributed by atoms with E-state index in [1.165, 1.54) is 57.4 Å². The molecule has 0 fully saturated rings. The van der Waals surface area contributed by atoms with Crippen LogP contribution in [0.15, 0.2) is 47.4 Å². The molecule has 1 amide bonds. The van der Waals surface area contributed by atoms with Gasteiger partial charge in [-0.05, 0) is 49.2 Å². The molecule has 1 unspecified atom stereocenters. The van der Waals surface area contributed by atoms with Crippen molar-refractivity contribution in [3.63, 3.8) is 0 Å². The topological polar surface area (TPSA) is 86.7 Å². The summed E-state index contributed by atoms with van der Waals surface area (Å²) >= 11 is 0. The van der Waals surface area contributed by atoms with Crippen molar-refractivity contribution in [2.24, 2.45) is 0 Å². The fourth-order valence-corrected chi connectivity index (χ4v) is 3.63. The van der Waals surface area contributed by atoms with Gasteiger partial charge in [-0.1, -0.05) is 18.2 Å². The predicted molar refractivity (Wildman–Crippen MR) is 100 cm³/mol. The SMILES string of the molecule is Cc1ccc(C(=O)NCC(C)(O)c2ccc(F)cc2)cc1S(=O)(=O)N(C)C. The van der Waals surface area contributed by atoms with Gasteiger partial charge in [0.25, 0.3) is 5.91 Å². The van der Waals surface area contributed by atoms with E-state index in [9.17, 15) is 22.7 Å². The zero-order valence-corrected chi connectivity index (χ0v) is 16.5. The van der Waals surface area contributed by atoms with Crippen LogP contribution >= 0.6 is 0 Å². The Hall–Kier alpha value is -2.29. The number of hydrogen-bond acceptors (Lipinski definition) is 4. The summed E-state index contributed by atoms with van der Waals surface area (Å²) in [6.45, 7) is 3.02. The average molecular weight is 394 g/mol. The average Bonchev–Trinajstić information content (AvgIpc) is 2.60. The molecule has 0 aliphatic rings. The summed E-state index contributed by atoms with van der Waals surface area (Å²) in [6.07, 6.45) is 0. The number of sulfonamides is 1. The molecule has 2 N–H and O–H groups in total. The van der Waals surface area contributed by atoms with Crippen LogP contribution in [0.1, 0.15) is 28.4 Å². The summed E-state index contributed by atoms with van der Waals surface area (Å²) < 4.78 is 38.9. The number of aryl methyl sites for hydroxylation is 1. The standard InChI is InChI=1S/C19H23FN2O4S/c1-13-5-6-14(11-17(13)27(25,26)22(3)4)18(23)21-12-19(2,24)15-7-9-16(20)10-8-15/h5-11,24H,12H2,1-4H3,(H,21,23). The second-order valence-electron chi connectivity index (χ2n) is 6.73. The fourth-order valence-electron chi connectivity index (χ4n) is 2.48. The lowest BCUT2D eigenvalue weighted by Crippen LogP contribution is -2.38. The Bertz CT molecular complexity index is 939. The molecule has 2 aromatic carbocycles. The molecule has 1 atom stereocenters. The van der Waals surface area contributed by atoms with Gasteiger partial charge in [0.1, 0.15) is 11.4 Å². The molecule has 0 aromatic heterocycles. The fraction of sp³-hybridized carbons (Fsp3) is 0.316. The Morgan fingerprint density at radius 1 is 1.19 bits per heavy atom. The summed E-state index contributed by atoms with van der Waals surface area (Å²) in [4.78, 5) is 12.5. The molecule has 0 spiro atoms. The molecule has 0 bridgehead atoms. The maximum absolute atomic E-state index is 13.0. The molecule has 6 nitrogen and oxygen atoms in total. The van der Waals surface area contributed by atoms with Gasteiger partial charge in [0.05, 0.1) is 11.4 Å². The van der Waals surface area contributed by atoms with Crippen LogP contribution in [0.3, 0.4) is 0 Å². The third kappa shape index (κ3) is 4.71. The zero-order chi connectivity index (χ0) is 20.4. The number of rotatable bonds is 6. The number of amides is 1. The highest BCUT2D eigenvalue weighted by Gasteiger charge is 2.25. The van der Waals surface area contributed by atoms with Crippen LogP contribution in [0.5, 0.6) is 0 Å². The number of hydrogen-bond donors (Lipinski definition) is 2. The van der Waals surface area contributed by atoms with Crippen LogP contribution in [0.4, 0.5) is 4.39 Å². The van der Waals surface area contributed by atoms with Crippen molar-refractivity contribution in [2.45, 2.75) is 24.3 Å². The van der Waals surface area contributed by atoms with E-state index in [2.05, 4.69) is 5.32 Å². The molecule has 146 valence electrons. The van der Waals surface area contributed by atoms with Gasteiger partial charge in [0.2, 0.25) is 10.0 Å². The Kier molecular flexibility index (Phi) is 6.04. The van der Waals surface area contributed by atoms with E-state index in [4.69, 9.17) is 0 Å². The normalized spacial score (nSPS) is 14.0. The molecular weight excluding hydrogens is 371 g/mol. The summed E-state index contributed by atoms with van der Waals surface area (Å²) in [5, 5.41) is 13.1. The third-order valence-corrected chi connectivity index (χ3v) is 6.23. The smallest absolute Gasteiger partial charge is 0.251 e. The molecule has 2 rings (SSSR count).